The molecule has 1 amide bonds. The van der Waals surface area contributed by atoms with Gasteiger partial charge < -0.3 is 9.64 Å². The molecule has 0 aromatic heterocycles. The molecule has 1 saturated heterocycles. The van der Waals surface area contributed by atoms with Gasteiger partial charge in [-0.2, -0.15) is 0 Å². The smallest absolute Gasteiger partial charge is 0.235 e. The zero-order chi connectivity index (χ0) is 13.0. The van der Waals surface area contributed by atoms with Crippen LogP contribution in [0.2, 0.25) is 0 Å². The molecule has 18 heavy (non-hydrogen) atoms. The molecule has 1 heterocycles. The zero-order valence-corrected chi connectivity index (χ0v) is 11.7. The molecule has 0 spiro atoms. The first-order chi connectivity index (χ1) is 8.70. The van der Waals surface area contributed by atoms with Crippen molar-refractivity contribution in [3.05, 3.63) is 24.3 Å². The number of ether oxygens (including phenoxy) is 1. The molecule has 98 valence electrons. The highest BCUT2D eigenvalue weighted by Gasteiger charge is 2.23. The van der Waals surface area contributed by atoms with Crippen molar-refractivity contribution in [2.75, 3.05) is 20.2 Å². The molecular formula is C14H19NO2S. The van der Waals surface area contributed by atoms with Gasteiger partial charge in [0.15, 0.2) is 0 Å². The Kier molecular flexibility index (Phi) is 4.53. The van der Waals surface area contributed by atoms with Crippen LogP contribution in [-0.4, -0.2) is 36.3 Å². The maximum Gasteiger partial charge on any atom is 0.235 e. The van der Waals surface area contributed by atoms with Gasteiger partial charge in [0, 0.05) is 18.0 Å². The summed E-state index contributed by atoms with van der Waals surface area (Å²) >= 11 is 1.61. The van der Waals surface area contributed by atoms with Crippen molar-refractivity contribution in [2.45, 2.75) is 29.9 Å². The number of carbonyl (C=O) groups excluding carboxylic acids is 1. The van der Waals surface area contributed by atoms with E-state index in [1.54, 1.807) is 18.9 Å². The molecule has 1 atom stereocenters. The first kappa shape index (κ1) is 13.3. The van der Waals surface area contributed by atoms with Gasteiger partial charge in [0.25, 0.3) is 0 Å². The van der Waals surface area contributed by atoms with E-state index in [2.05, 4.69) is 0 Å². The van der Waals surface area contributed by atoms with Gasteiger partial charge in [-0.25, -0.2) is 0 Å². The fraction of sp³-hybridized carbons (Fsp3) is 0.500. The van der Waals surface area contributed by atoms with Gasteiger partial charge in [-0.1, -0.05) is 0 Å². The van der Waals surface area contributed by atoms with Crippen molar-refractivity contribution in [1.29, 1.82) is 0 Å². The maximum atomic E-state index is 12.2. The third-order valence-electron chi connectivity index (χ3n) is 3.14. The van der Waals surface area contributed by atoms with E-state index in [0.717, 1.165) is 36.6 Å². The maximum absolute atomic E-state index is 12.2. The molecule has 1 aromatic carbocycles. The topological polar surface area (TPSA) is 29.5 Å². The molecule has 1 unspecified atom stereocenters. The summed E-state index contributed by atoms with van der Waals surface area (Å²) in [5.74, 6) is 1.10. The molecule has 0 aliphatic carbocycles. The van der Waals surface area contributed by atoms with E-state index in [1.807, 2.05) is 36.1 Å². The second-order valence-corrected chi connectivity index (χ2v) is 5.88. The predicted molar refractivity (Wildman–Crippen MR) is 74.1 cm³/mol. The van der Waals surface area contributed by atoms with Crippen LogP contribution in [-0.2, 0) is 4.79 Å². The molecule has 0 bridgehead atoms. The van der Waals surface area contributed by atoms with Gasteiger partial charge in [0.1, 0.15) is 5.75 Å². The van der Waals surface area contributed by atoms with Crippen LogP contribution in [0, 0.1) is 0 Å². The molecule has 1 fully saturated rings. The van der Waals surface area contributed by atoms with Gasteiger partial charge in [-0.05, 0) is 44.0 Å². The second kappa shape index (κ2) is 6.14. The van der Waals surface area contributed by atoms with Gasteiger partial charge in [0.05, 0.1) is 12.4 Å². The minimum Gasteiger partial charge on any atom is -0.497 e. The Hall–Kier alpha value is -1.16. The Morgan fingerprint density at radius 1 is 1.28 bits per heavy atom. The van der Waals surface area contributed by atoms with Crippen LogP contribution in [0.25, 0.3) is 0 Å². The third-order valence-corrected chi connectivity index (χ3v) is 4.24. The standard InChI is InChI=1S/C14H19NO2S/c1-11(14(16)15-9-3-4-10-15)18-13-7-5-12(17-2)6-8-13/h5-8,11H,3-4,9-10H2,1-2H3. The van der Waals surface area contributed by atoms with E-state index >= 15 is 0 Å². The van der Waals surface area contributed by atoms with Gasteiger partial charge in [0.2, 0.25) is 5.91 Å². The third kappa shape index (κ3) is 3.19. The number of thioether (sulfide) groups is 1. The minimum atomic E-state index is -0.0171. The minimum absolute atomic E-state index is 0.0171. The van der Waals surface area contributed by atoms with E-state index in [1.165, 1.54) is 0 Å². The van der Waals surface area contributed by atoms with Crippen LogP contribution < -0.4 is 4.74 Å². The number of rotatable bonds is 4. The van der Waals surface area contributed by atoms with E-state index in [0.29, 0.717) is 0 Å². The molecule has 0 N–H and O–H groups in total. The highest BCUT2D eigenvalue weighted by atomic mass is 32.2. The lowest BCUT2D eigenvalue weighted by molar-refractivity contribution is -0.129. The Morgan fingerprint density at radius 2 is 1.89 bits per heavy atom. The number of amides is 1. The van der Waals surface area contributed by atoms with Crippen LogP contribution in [0.15, 0.2) is 29.2 Å². The summed E-state index contributed by atoms with van der Waals surface area (Å²) in [7, 11) is 1.65. The molecule has 1 aliphatic rings. The number of carbonyl (C=O) groups is 1. The summed E-state index contributed by atoms with van der Waals surface area (Å²) in [4.78, 5) is 15.2. The lowest BCUT2D eigenvalue weighted by Crippen LogP contribution is -2.33. The van der Waals surface area contributed by atoms with Crippen molar-refractivity contribution in [1.82, 2.24) is 4.90 Å². The Morgan fingerprint density at radius 3 is 2.44 bits per heavy atom. The average molecular weight is 265 g/mol. The van der Waals surface area contributed by atoms with Gasteiger partial charge in [-0.3, -0.25) is 4.79 Å². The van der Waals surface area contributed by atoms with Crippen molar-refractivity contribution in [3.63, 3.8) is 0 Å². The fourth-order valence-corrected chi connectivity index (χ4v) is 3.05. The van der Waals surface area contributed by atoms with Crippen LogP contribution in [0.5, 0.6) is 5.75 Å². The SMILES string of the molecule is COc1ccc(SC(C)C(=O)N2CCCC2)cc1. The highest BCUT2D eigenvalue weighted by molar-refractivity contribution is 8.00. The largest absolute Gasteiger partial charge is 0.497 e. The number of likely N-dealkylation sites (tertiary alicyclic amines) is 1. The van der Waals surface area contributed by atoms with Crippen molar-refractivity contribution in [3.8, 4) is 5.75 Å². The van der Waals surface area contributed by atoms with Crippen molar-refractivity contribution < 1.29 is 9.53 Å². The monoisotopic (exact) mass is 265 g/mol. The molecule has 0 saturated carbocycles. The first-order valence-corrected chi connectivity index (χ1v) is 7.18. The fourth-order valence-electron chi connectivity index (χ4n) is 2.10. The lowest BCUT2D eigenvalue weighted by Gasteiger charge is -2.19. The summed E-state index contributed by atoms with van der Waals surface area (Å²) in [6.07, 6.45) is 2.29. The molecule has 1 aliphatic heterocycles. The first-order valence-electron chi connectivity index (χ1n) is 6.30. The quantitative estimate of drug-likeness (QED) is 0.784. The van der Waals surface area contributed by atoms with Crippen LogP contribution in [0.1, 0.15) is 19.8 Å². The van der Waals surface area contributed by atoms with Crippen LogP contribution >= 0.6 is 11.8 Å². The summed E-state index contributed by atoms with van der Waals surface area (Å²) in [5.41, 5.74) is 0. The molecule has 1 aromatic rings. The Labute approximate surface area is 113 Å². The lowest BCUT2D eigenvalue weighted by atomic mass is 10.3. The molecular weight excluding hydrogens is 246 g/mol. The number of benzene rings is 1. The van der Waals surface area contributed by atoms with Crippen LogP contribution in [0.4, 0.5) is 0 Å². The normalized spacial score (nSPS) is 16.7. The van der Waals surface area contributed by atoms with Crippen LogP contribution in [0.3, 0.4) is 0 Å². The van der Waals surface area contributed by atoms with E-state index in [-0.39, 0.29) is 11.2 Å². The summed E-state index contributed by atoms with van der Waals surface area (Å²) in [6.45, 7) is 3.83. The number of methoxy groups -OCH3 is 1. The predicted octanol–water partition coefficient (Wildman–Crippen LogP) is 2.80. The molecule has 2 rings (SSSR count). The molecule has 4 heteroatoms. The van der Waals surface area contributed by atoms with Gasteiger partial charge in [-0.15, -0.1) is 11.8 Å². The zero-order valence-electron chi connectivity index (χ0n) is 10.9. The molecule has 3 nitrogen and oxygen atoms in total. The van der Waals surface area contributed by atoms with Crippen molar-refractivity contribution >= 4 is 17.7 Å². The average Bonchev–Trinajstić information content (AvgIpc) is 2.92. The molecule has 0 radical (unpaired) electrons. The number of hydrogen-bond donors (Lipinski definition) is 0. The second-order valence-electron chi connectivity index (χ2n) is 4.47. The highest BCUT2D eigenvalue weighted by Crippen LogP contribution is 2.27. The Bertz CT molecular complexity index is 399. The van der Waals surface area contributed by atoms with Crippen molar-refractivity contribution in [2.24, 2.45) is 0 Å². The summed E-state index contributed by atoms with van der Waals surface area (Å²) in [5, 5.41) is -0.0171. The van der Waals surface area contributed by atoms with E-state index < -0.39 is 0 Å². The number of nitrogens with zero attached hydrogens (tertiary/aromatic N) is 1. The summed E-state index contributed by atoms with van der Waals surface area (Å²) in [6, 6.07) is 7.85. The van der Waals surface area contributed by atoms with E-state index in [9.17, 15) is 4.79 Å². The van der Waals surface area contributed by atoms with Gasteiger partial charge >= 0.3 is 0 Å². The Balaban J connectivity index is 1.92. The van der Waals surface area contributed by atoms with E-state index in [4.69, 9.17) is 4.74 Å². The number of hydrogen-bond acceptors (Lipinski definition) is 3. The summed E-state index contributed by atoms with van der Waals surface area (Å²) < 4.78 is 5.12.